The highest BCUT2D eigenvalue weighted by molar-refractivity contribution is 5.91. The SMILES string of the molecule is CCOC(=O)c1nc2ccccc2c(=O)n1-n1c(C(=O)OCC)nc2ccccc2c1=O. The Morgan fingerprint density at radius 1 is 0.719 bits per heavy atom. The van der Waals surface area contributed by atoms with Crippen LogP contribution in [0.15, 0.2) is 58.1 Å². The van der Waals surface area contributed by atoms with E-state index in [2.05, 4.69) is 9.97 Å². The third kappa shape index (κ3) is 3.41. The molecule has 0 fully saturated rings. The maximum Gasteiger partial charge on any atom is 0.376 e. The first-order valence-electron chi connectivity index (χ1n) is 9.86. The van der Waals surface area contributed by atoms with E-state index in [1.165, 1.54) is 12.1 Å². The summed E-state index contributed by atoms with van der Waals surface area (Å²) >= 11 is 0. The topological polar surface area (TPSA) is 122 Å². The number of aromatic nitrogens is 4. The maximum absolute atomic E-state index is 13.5. The second-order valence-corrected chi connectivity index (χ2v) is 6.58. The van der Waals surface area contributed by atoms with Crippen molar-refractivity contribution in [2.75, 3.05) is 13.2 Å². The van der Waals surface area contributed by atoms with E-state index in [0.29, 0.717) is 9.35 Å². The van der Waals surface area contributed by atoms with E-state index in [4.69, 9.17) is 9.47 Å². The number of carbonyl (C=O) groups excluding carboxylic acids is 2. The summed E-state index contributed by atoms with van der Waals surface area (Å²) in [4.78, 5) is 60.8. The molecule has 10 heteroatoms. The van der Waals surface area contributed by atoms with Crippen LogP contribution in [0, 0.1) is 0 Å². The molecule has 0 atom stereocenters. The Hall–Kier alpha value is -4.34. The van der Waals surface area contributed by atoms with Crippen LogP contribution in [0.25, 0.3) is 21.8 Å². The highest BCUT2D eigenvalue weighted by Crippen LogP contribution is 2.13. The summed E-state index contributed by atoms with van der Waals surface area (Å²) in [7, 11) is 0. The molecule has 4 rings (SSSR count). The van der Waals surface area contributed by atoms with Crippen molar-refractivity contribution in [2.24, 2.45) is 0 Å². The molecule has 0 bridgehead atoms. The molecular formula is C22H18N4O6. The summed E-state index contributed by atoms with van der Waals surface area (Å²) in [6.45, 7) is 3.21. The van der Waals surface area contributed by atoms with E-state index in [9.17, 15) is 19.2 Å². The average molecular weight is 434 g/mol. The fourth-order valence-electron chi connectivity index (χ4n) is 3.27. The highest BCUT2D eigenvalue weighted by Gasteiger charge is 2.27. The van der Waals surface area contributed by atoms with Crippen molar-refractivity contribution in [3.63, 3.8) is 0 Å². The van der Waals surface area contributed by atoms with E-state index in [1.54, 1.807) is 50.2 Å². The molecule has 10 nitrogen and oxygen atoms in total. The van der Waals surface area contributed by atoms with E-state index < -0.39 is 34.7 Å². The first kappa shape index (κ1) is 20.9. The summed E-state index contributed by atoms with van der Waals surface area (Å²) < 4.78 is 11.5. The van der Waals surface area contributed by atoms with Crippen molar-refractivity contribution in [3.8, 4) is 0 Å². The van der Waals surface area contributed by atoms with Gasteiger partial charge >= 0.3 is 11.9 Å². The Labute approximate surface area is 180 Å². The normalized spacial score (nSPS) is 10.9. The molecule has 0 aliphatic rings. The largest absolute Gasteiger partial charge is 0.460 e. The van der Waals surface area contributed by atoms with Gasteiger partial charge < -0.3 is 9.47 Å². The molecule has 0 aliphatic carbocycles. The molecule has 4 aromatic rings. The van der Waals surface area contributed by atoms with Gasteiger partial charge in [-0.3, -0.25) is 9.59 Å². The van der Waals surface area contributed by atoms with Crippen molar-refractivity contribution in [2.45, 2.75) is 13.8 Å². The molecular weight excluding hydrogens is 416 g/mol. The predicted octanol–water partition coefficient (Wildman–Crippen LogP) is 1.77. The van der Waals surface area contributed by atoms with Crippen LogP contribution in [0.4, 0.5) is 0 Å². The van der Waals surface area contributed by atoms with Crippen LogP contribution in [0.2, 0.25) is 0 Å². The molecule has 162 valence electrons. The van der Waals surface area contributed by atoms with Crippen molar-refractivity contribution >= 4 is 33.7 Å². The summed E-state index contributed by atoms with van der Waals surface area (Å²) in [5.74, 6) is -2.82. The average Bonchev–Trinajstić information content (AvgIpc) is 2.80. The van der Waals surface area contributed by atoms with Gasteiger partial charge in [0.05, 0.1) is 35.0 Å². The Morgan fingerprint density at radius 3 is 1.47 bits per heavy atom. The molecule has 0 spiro atoms. The second-order valence-electron chi connectivity index (χ2n) is 6.58. The number of hydrogen-bond donors (Lipinski definition) is 0. The molecule has 0 radical (unpaired) electrons. The summed E-state index contributed by atoms with van der Waals surface area (Å²) in [6.07, 6.45) is 0. The van der Waals surface area contributed by atoms with Gasteiger partial charge in [-0.05, 0) is 38.1 Å². The predicted molar refractivity (Wildman–Crippen MR) is 115 cm³/mol. The lowest BCUT2D eigenvalue weighted by molar-refractivity contribution is 0.0476. The molecule has 0 aliphatic heterocycles. The van der Waals surface area contributed by atoms with Gasteiger partial charge in [-0.2, -0.15) is 9.35 Å². The minimum Gasteiger partial charge on any atom is -0.460 e. The molecule has 32 heavy (non-hydrogen) atoms. The maximum atomic E-state index is 13.5. The number of ether oxygens (including phenoxy) is 2. The summed E-state index contributed by atoms with van der Waals surface area (Å²) in [6, 6.07) is 12.7. The monoisotopic (exact) mass is 434 g/mol. The van der Waals surface area contributed by atoms with Gasteiger partial charge in [-0.25, -0.2) is 19.6 Å². The molecule has 2 aromatic carbocycles. The first-order valence-corrected chi connectivity index (χ1v) is 9.86. The molecule has 2 aromatic heterocycles. The Morgan fingerprint density at radius 2 is 1.09 bits per heavy atom. The summed E-state index contributed by atoms with van der Waals surface area (Å²) in [5, 5.41) is 0.269. The molecule has 0 amide bonds. The van der Waals surface area contributed by atoms with Gasteiger partial charge in [0.15, 0.2) is 0 Å². The van der Waals surface area contributed by atoms with Gasteiger partial charge in [-0.1, -0.05) is 24.3 Å². The van der Waals surface area contributed by atoms with Crippen molar-refractivity contribution in [1.29, 1.82) is 0 Å². The number of carbonyl (C=O) groups is 2. The van der Waals surface area contributed by atoms with Gasteiger partial charge in [0.25, 0.3) is 11.1 Å². The Bertz CT molecular complexity index is 1370. The first-order chi connectivity index (χ1) is 15.5. The Balaban J connectivity index is 2.20. The third-order valence-electron chi connectivity index (χ3n) is 4.62. The van der Waals surface area contributed by atoms with Crippen molar-refractivity contribution < 1.29 is 19.1 Å². The fraction of sp³-hybridized carbons (Fsp3) is 0.182. The van der Waals surface area contributed by atoms with Crippen molar-refractivity contribution in [3.05, 3.63) is 80.9 Å². The lowest BCUT2D eigenvalue weighted by atomic mass is 10.2. The van der Waals surface area contributed by atoms with Crippen LogP contribution in [-0.4, -0.2) is 44.5 Å². The summed E-state index contributed by atoms with van der Waals surface area (Å²) in [5.41, 5.74) is -1.03. The molecule has 0 saturated heterocycles. The second kappa shape index (κ2) is 8.42. The van der Waals surface area contributed by atoms with E-state index in [1.807, 2.05) is 0 Å². The number of benzene rings is 2. The van der Waals surface area contributed by atoms with Gasteiger partial charge in [0, 0.05) is 0 Å². The number of hydrogen-bond acceptors (Lipinski definition) is 8. The smallest absolute Gasteiger partial charge is 0.376 e. The molecule has 0 saturated carbocycles. The minimum absolute atomic E-state index is 0.0110. The lowest BCUT2D eigenvalue weighted by Gasteiger charge is -2.17. The van der Waals surface area contributed by atoms with Crippen LogP contribution in [0.3, 0.4) is 0 Å². The molecule has 0 unspecified atom stereocenters. The minimum atomic E-state index is -0.940. The van der Waals surface area contributed by atoms with Gasteiger partial charge in [-0.15, -0.1) is 0 Å². The lowest BCUT2D eigenvalue weighted by Crippen LogP contribution is -2.42. The van der Waals surface area contributed by atoms with Crippen LogP contribution >= 0.6 is 0 Å². The molecule has 0 N–H and O–H groups in total. The zero-order valence-electron chi connectivity index (χ0n) is 17.3. The molecule has 2 heterocycles. The van der Waals surface area contributed by atoms with Gasteiger partial charge in [0.1, 0.15) is 0 Å². The number of nitrogens with zero attached hydrogens (tertiary/aromatic N) is 4. The van der Waals surface area contributed by atoms with Crippen molar-refractivity contribution in [1.82, 2.24) is 19.3 Å². The fourth-order valence-corrected chi connectivity index (χ4v) is 3.27. The standard InChI is InChI=1S/C22H18N4O6/c1-3-31-21(29)17-23-15-11-7-5-9-13(15)19(27)25(17)26-18(22(30)32-4-2)24-16-12-8-6-10-14(16)20(26)28/h5-12H,3-4H2,1-2H3. The van der Waals surface area contributed by atoms with Crippen LogP contribution < -0.4 is 11.1 Å². The number of esters is 2. The zero-order chi connectivity index (χ0) is 22.8. The van der Waals surface area contributed by atoms with Gasteiger partial charge in [0.2, 0.25) is 11.6 Å². The van der Waals surface area contributed by atoms with E-state index >= 15 is 0 Å². The third-order valence-corrected chi connectivity index (χ3v) is 4.62. The van der Waals surface area contributed by atoms with Crippen LogP contribution in [0.5, 0.6) is 0 Å². The van der Waals surface area contributed by atoms with Crippen LogP contribution in [0.1, 0.15) is 35.1 Å². The van der Waals surface area contributed by atoms with E-state index in [-0.39, 0.29) is 35.0 Å². The highest BCUT2D eigenvalue weighted by atomic mass is 16.5. The number of para-hydroxylation sites is 2. The number of fused-ring (bicyclic) bond motifs is 2. The number of rotatable bonds is 5. The quantitative estimate of drug-likeness (QED) is 0.436. The van der Waals surface area contributed by atoms with E-state index in [0.717, 1.165) is 0 Å². The zero-order valence-corrected chi connectivity index (χ0v) is 17.3. The Kier molecular flexibility index (Phi) is 5.50. The van der Waals surface area contributed by atoms with Crippen LogP contribution in [-0.2, 0) is 9.47 Å².